The highest BCUT2D eigenvalue weighted by atomic mass is 19.1. The second-order valence-corrected chi connectivity index (χ2v) is 9.39. The molecule has 2 unspecified atom stereocenters. The van der Waals surface area contributed by atoms with Crippen molar-refractivity contribution in [1.82, 2.24) is 16.0 Å². The standard InChI is InChI=1S/C22H33F2N3O3/c1-14(28)27-18(11-15-9-16(23)12-17(24)10-15)19(29)13-26-22(5-6-22)20(30)25-8-7-21(2,3)4/h9-10,12,18-19,26,29H,5-8,11,13H2,1-4H3,(H,25,30)(H,27,28). The first-order valence-corrected chi connectivity index (χ1v) is 10.3. The fourth-order valence-electron chi connectivity index (χ4n) is 3.30. The van der Waals surface area contributed by atoms with Gasteiger partial charge in [0.15, 0.2) is 0 Å². The Morgan fingerprint density at radius 3 is 2.27 bits per heavy atom. The van der Waals surface area contributed by atoms with E-state index in [2.05, 4.69) is 36.7 Å². The first-order valence-electron chi connectivity index (χ1n) is 10.3. The number of aliphatic hydroxyl groups excluding tert-OH is 1. The van der Waals surface area contributed by atoms with Crippen molar-refractivity contribution >= 4 is 11.8 Å². The maximum Gasteiger partial charge on any atom is 0.240 e. The second-order valence-electron chi connectivity index (χ2n) is 9.39. The smallest absolute Gasteiger partial charge is 0.240 e. The van der Waals surface area contributed by atoms with Gasteiger partial charge in [-0.2, -0.15) is 0 Å². The normalized spacial score (nSPS) is 17.2. The molecule has 2 amide bonds. The molecule has 0 spiro atoms. The van der Waals surface area contributed by atoms with E-state index in [1.165, 1.54) is 19.1 Å². The van der Waals surface area contributed by atoms with Crippen LogP contribution in [0.15, 0.2) is 18.2 Å². The average molecular weight is 426 g/mol. The topological polar surface area (TPSA) is 90.5 Å². The molecule has 6 nitrogen and oxygen atoms in total. The average Bonchev–Trinajstić information content (AvgIpc) is 3.38. The van der Waals surface area contributed by atoms with Crippen LogP contribution in [0.5, 0.6) is 0 Å². The van der Waals surface area contributed by atoms with Gasteiger partial charge in [0.1, 0.15) is 11.6 Å². The molecule has 1 fully saturated rings. The summed E-state index contributed by atoms with van der Waals surface area (Å²) in [5.74, 6) is -1.90. The molecule has 0 saturated heterocycles. The molecule has 1 saturated carbocycles. The Bertz CT molecular complexity index is 740. The van der Waals surface area contributed by atoms with Crippen molar-refractivity contribution in [3.8, 4) is 0 Å². The molecule has 4 N–H and O–H groups in total. The Hall–Kier alpha value is -2.06. The summed E-state index contributed by atoms with van der Waals surface area (Å²) in [7, 11) is 0. The monoisotopic (exact) mass is 425 g/mol. The maximum atomic E-state index is 13.5. The van der Waals surface area contributed by atoms with Crippen molar-refractivity contribution in [3.05, 3.63) is 35.4 Å². The van der Waals surface area contributed by atoms with Gasteiger partial charge in [-0.1, -0.05) is 20.8 Å². The molecule has 0 bridgehead atoms. The van der Waals surface area contributed by atoms with Gasteiger partial charge in [0.2, 0.25) is 11.8 Å². The number of hydrogen-bond acceptors (Lipinski definition) is 4. The van der Waals surface area contributed by atoms with Crippen LogP contribution < -0.4 is 16.0 Å². The lowest BCUT2D eigenvalue weighted by Crippen LogP contribution is -2.53. The van der Waals surface area contributed by atoms with Crippen molar-refractivity contribution < 1.29 is 23.5 Å². The summed E-state index contributed by atoms with van der Waals surface area (Å²) in [6.45, 7) is 8.27. The molecule has 2 rings (SSSR count). The first-order chi connectivity index (χ1) is 13.9. The molecule has 30 heavy (non-hydrogen) atoms. The van der Waals surface area contributed by atoms with E-state index in [-0.39, 0.29) is 30.2 Å². The van der Waals surface area contributed by atoms with Gasteiger partial charge in [0.25, 0.3) is 0 Å². The van der Waals surface area contributed by atoms with E-state index >= 15 is 0 Å². The molecule has 1 aromatic carbocycles. The van der Waals surface area contributed by atoms with Crippen molar-refractivity contribution in [1.29, 1.82) is 0 Å². The number of carbonyl (C=O) groups is 2. The number of carbonyl (C=O) groups excluding carboxylic acids is 2. The van der Waals surface area contributed by atoms with E-state index in [9.17, 15) is 23.5 Å². The fraction of sp³-hybridized carbons (Fsp3) is 0.636. The molecule has 1 aromatic rings. The minimum Gasteiger partial charge on any atom is -0.390 e. The third kappa shape index (κ3) is 7.65. The van der Waals surface area contributed by atoms with Gasteiger partial charge in [-0.3, -0.25) is 9.59 Å². The van der Waals surface area contributed by atoms with Gasteiger partial charge in [0, 0.05) is 26.1 Å². The van der Waals surface area contributed by atoms with Crippen LogP contribution in [-0.2, 0) is 16.0 Å². The zero-order valence-corrected chi connectivity index (χ0v) is 18.1. The number of halogens is 2. The highest BCUT2D eigenvalue weighted by Crippen LogP contribution is 2.35. The first kappa shape index (κ1) is 24.2. The fourth-order valence-corrected chi connectivity index (χ4v) is 3.30. The second kappa shape index (κ2) is 9.83. The van der Waals surface area contributed by atoms with Crippen LogP contribution >= 0.6 is 0 Å². The van der Waals surface area contributed by atoms with Gasteiger partial charge < -0.3 is 21.1 Å². The number of rotatable bonds is 10. The van der Waals surface area contributed by atoms with Crippen LogP contribution in [0.4, 0.5) is 8.78 Å². The number of benzene rings is 1. The van der Waals surface area contributed by atoms with Crippen LogP contribution in [0.25, 0.3) is 0 Å². The highest BCUT2D eigenvalue weighted by Gasteiger charge is 2.49. The van der Waals surface area contributed by atoms with E-state index < -0.39 is 29.3 Å². The van der Waals surface area contributed by atoms with Crippen LogP contribution in [0.1, 0.15) is 52.5 Å². The van der Waals surface area contributed by atoms with E-state index in [1.807, 2.05) is 0 Å². The predicted molar refractivity (Wildman–Crippen MR) is 111 cm³/mol. The van der Waals surface area contributed by atoms with Crippen molar-refractivity contribution in [2.45, 2.75) is 71.1 Å². The van der Waals surface area contributed by atoms with Gasteiger partial charge in [-0.25, -0.2) is 8.78 Å². The molecule has 0 aromatic heterocycles. The zero-order valence-electron chi connectivity index (χ0n) is 18.1. The summed E-state index contributed by atoms with van der Waals surface area (Å²) in [5.41, 5.74) is -0.258. The number of nitrogens with one attached hydrogen (secondary N) is 3. The van der Waals surface area contributed by atoms with Crippen molar-refractivity contribution in [2.24, 2.45) is 5.41 Å². The van der Waals surface area contributed by atoms with Crippen LogP contribution in [0.3, 0.4) is 0 Å². The Kier molecular flexibility index (Phi) is 7.93. The molecule has 2 atom stereocenters. The van der Waals surface area contributed by atoms with Crippen LogP contribution in [0, 0.1) is 17.0 Å². The Labute approximate surface area is 176 Å². The minimum absolute atomic E-state index is 0.0574. The molecule has 1 aliphatic rings. The Morgan fingerprint density at radius 1 is 1.17 bits per heavy atom. The summed E-state index contributed by atoms with van der Waals surface area (Å²) < 4.78 is 26.9. The summed E-state index contributed by atoms with van der Waals surface area (Å²) in [5, 5.41) is 19.3. The lowest BCUT2D eigenvalue weighted by molar-refractivity contribution is -0.124. The molecule has 8 heteroatoms. The lowest BCUT2D eigenvalue weighted by atomic mass is 9.92. The van der Waals surface area contributed by atoms with Gasteiger partial charge in [-0.05, 0) is 48.8 Å². The molecule has 0 heterocycles. The molecule has 168 valence electrons. The van der Waals surface area contributed by atoms with Gasteiger partial charge in [-0.15, -0.1) is 0 Å². The highest BCUT2D eigenvalue weighted by molar-refractivity contribution is 5.89. The quantitative estimate of drug-likeness (QED) is 0.462. The van der Waals surface area contributed by atoms with E-state index in [0.29, 0.717) is 24.9 Å². The summed E-state index contributed by atoms with van der Waals surface area (Å²) in [6, 6.07) is 2.35. The molecular formula is C22H33F2N3O3. The Balaban J connectivity index is 1.94. The molecule has 0 radical (unpaired) electrons. The molecule has 1 aliphatic carbocycles. The SMILES string of the molecule is CC(=O)NC(Cc1cc(F)cc(F)c1)C(O)CNC1(C(=O)NCCC(C)(C)C)CC1. The number of β-amino-alcohol motifs (C(OH)–C–C–N with tert-alkyl or cyclic N) is 1. The third-order valence-electron chi connectivity index (χ3n) is 5.23. The van der Waals surface area contributed by atoms with E-state index in [1.54, 1.807) is 0 Å². The number of hydrogen-bond donors (Lipinski definition) is 4. The predicted octanol–water partition coefficient (Wildman–Crippen LogP) is 2.05. The van der Waals surface area contributed by atoms with Crippen molar-refractivity contribution in [3.63, 3.8) is 0 Å². The Morgan fingerprint density at radius 2 is 1.77 bits per heavy atom. The summed E-state index contributed by atoms with van der Waals surface area (Å²) in [4.78, 5) is 24.1. The maximum absolute atomic E-state index is 13.5. The zero-order chi connectivity index (χ0) is 22.5. The van der Waals surface area contributed by atoms with Gasteiger partial charge >= 0.3 is 0 Å². The summed E-state index contributed by atoms with van der Waals surface area (Å²) in [6.07, 6.45) is 1.20. The van der Waals surface area contributed by atoms with Crippen molar-refractivity contribution in [2.75, 3.05) is 13.1 Å². The largest absolute Gasteiger partial charge is 0.390 e. The lowest BCUT2D eigenvalue weighted by Gasteiger charge is -2.27. The van der Waals surface area contributed by atoms with Crippen LogP contribution in [0.2, 0.25) is 0 Å². The summed E-state index contributed by atoms with van der Waals surface area (Å²) >= 11 is 0. The molecular weight excluding hydrogens is 392 g/mol. The minimum atomic E-state index is -1.04. The van der Waals surface area contributed by atoms with Crippen LogP contribution in [-0.4, -0.2) is 47.7 Å². The van der Waals surface area contributed by atoms with Gasteiger partial charge in [0.05, 0.1) is 17.7 Å². The van der Waals surface area contributed by atoms with E-state index in [0.717, 1.165) is 12.5 Å². The third-order valence-corrected chi connectivity index (χ3v) is 5.23. The van der Waals surface area contributed by atoms with E-state index in [4.69, 9.17) is 0 Å². The number of aliphatic hydroxyl groups is 1. The number of amides is 2. The molecule has 0 aliphatic heterocycles.